The highest BCUT2D eigenvalue weighted by Crippen LogP contribution is 2.31. The van der Waals surface area contributed by atoms with Gasteiger partial charge in [0.2, 0.25) is 0 Å². The van der Waals surface area contributed by atoms with Crippen molar-refractivity contribution in [1.82, 2.24) is 10.2 Å². The summed E-state index contributed by atoms with van der Waals surface area (Å²) in [5.74, 6) is 0.236. The minimum Gasteiger partial charge on any atom is -0.335 e. The largest absolute Gasteiger partial charge is 0.335 e. The van der Waals surface area contributed by atoms with Crippen LogP contribution in [0.3, 0.4) is 0 Å². The van der Waals surface area contributed by atoms with Crippen LogP contribution >= 0.6 is 11.3 Å². The van der Waals surface area contributed by atoms with Gasteiger partial charge in [-0.3, -0.25) is 4.79 Å². The van der Waals surface area contributed by atoms with Crippen molar-refractivity contribution in [1.29, 1.82) is 0 Å². The van der Waals surface area contributed by atoms with Crippen molar-refractivity contribution in [2.24, 2.45) is 0 Å². The second-order valence-electron chi connectivity index (χ2n) is 6.20. The summed E-state index contributed by atoms with van der Waals surface area (Å²) < 4.78 is 0. The van der Waals surface area contributed by atoms with E-state index in [1.165, 1.54) is 23.3 Å². The molecule has 110 valence electrons. The highest BCUT2D eigenvalue weighted by Gasteiger charge is 2.37. The van der Waals surface area contributed by atoms with E-state index < -0.39 is 0 Å². The molecule has 1 aromatic heterocycles. The Kier molecular flexibility index (Phi) is 3.87. The molecule has 2 unspecified atom stereocenters. The van der Waals surface area contributed by atoms with Crippen LogP contribution in [0, 0.1) is 13.8 Å². The lowest BCUT2D eigenvalue weighted by molar-refractivity contribution is 0.0636. The van der Waals surface area contributed by atoms with Gasteiger partial charge in [-0.15, -0.1) is 11.3 Å². The molecule has 2 fully saturated rings. The molecule has 1 N–H and O–H groups in total. The van der Waals surface area contributed by atoms with Gasteiger partial charge in [-0.05, 0) is 58.1 Å². The van der Waals surface area contributed by atoms with Gasteiger partial charge in [-0.2, -0.15) is 0 Å². The Balaban J connectivity index is 1.77. The number of hydrogen-bond acceptors (Lipinski definition) is 3. The van der Waals surface area contributed by atoms with E-state index in [0.29, 0.717) is 18.1 Å². The van der Waals surface area contributed by atoms with E-state index in [0.717, 1.165) is 24.3 Å². The fourth-order valence-corrected chi connectivity index (χ4v) is 4.66. The Hall–Kier alpha value is -0.870. The van der Waals surface area contributed by atoms with Crippen molar-refractivity contribution in [3.05, 3.63) is 21.4 Å². The molecule has 0 saturated carbocycles. The summed E-state index contributed by atoms with van der Waals surface area (Å²) in [4.78, 5) is 17.1. The van der Waals surface area contributed by atoms with Gasteiger partial charge in [0.1, 0.15) is 0 Å². The predicted octanol–water partition coefficient (Wildman–Crippen LogP) is 3.11. The lowest BCUT2D eigenvalue weighted by Gasteiger charge is -2.37. The van der Waals surface area contributed by atoms with Crippen molar-refractivity contribution in [3.63, 3.8) is 0 Å². The van der Waals surface area contributed by atoms with Crippen LogP contribution in [-0.4, -0.2) is 35.5 Å². The number of nitrogens with zero attached hydrogens (tertiary/aromatic N) is 1. The summed E-state index contributed by atoms with van der Waals surface area (Å²) in [7, 11) is 0. The lowest BCUT2D eigenvalue weighted by atomic mass is 9.98. The molecule has 2 saturated heterocycles. The van der Waals surface area contributed by atoms with Gasteiger partial charge >= 0.3 is 0 Å². The molecule has 0 aliphatic carbocycles. The van der Waals surface area contributed by atoms with Gasteiger partial charge in [0, 0.05) is 29.5 Å². The minimum absolute atomic E-state index is 0.236. The van der Waals surface area contributed by atoms with Gasteiger partial charge in [-0.1, -0.05) is 0 Å². The molecule has 3 nitrogen and oxygen atoms in total. The van der Waals surface area contributed by atoms with Crippen LogP contribution < -0.4 is 5.32 Å². The zero-order valence-electron chi connectivity index (χ0n) is 12.6. The van der Waals surface area contributed by atoms with Crippen LogP contribution in [0.15, 0.2) is 6.07 Å². The molecule has 2 atom stereocenters. The van der Waals surface area contributed by atoms with E-state index >= 15 is 0 Å². The fourth-order valence-electron chi connectivity index (χ4n) is 3.67. The number of carbonyl (C=O) groups excluding carboxylic acids is 1. The molecule has 0 spiro atoms. The van der Waals surface area contributed by atoms with Gasteiger partial charge < -0.3 is 10.2 Å². The first-order valence-corrected chi connectivity index (χ1v) is 8.54. The highest BCUT2D eigenvalue weighted by molar-refractivity contribution is 7.14. The first-order valence-electron chi connectivity index (χ1n) is 7.72. The van der Waals surface area contributed by atoms with Crippen LogP contribution in [0.1, 0.15) is 52.7 Å². The van der Waals surface area contributed by atoms with Crippen LogP contribution in [0.25, 0.3) is 0 Å². The summed E-state index contributed by atoms with van der Waals surface area (Å²) in [6.07, 6.45) is 4.81. The van der Waals surface area contributed by atoms with E-state index in [2.05, 4.69) is 37.1 Å². The van der Waals surface area contributed by atoms with Crippen LogP contribution in [0.4, 0.5) is 0 Å². The topological polar surface area (TPSA) is 32.3 Å². The molecule has 1 amide bonds. The molecule has 0 radical (unpaired) electrons. The second-order valence-corrected chi connectivity index (χ2v) is 7.46. The number of carbonyl (C=O) groups is 1. The summed E-state index contributed by atoms with van der Waals surface area (Å²) >= 11 is 1.64. The van der Waals surface area contributed by atoms with Gasteiger partial charge in [-0.25, -0.2) is 0 Å². The van der Waals surface area contributed by atoms with Crippen molar-refractivity contribution in [3.8, 4) is 0 Å². The molecule has 3 heterocycles. The Morgan fingerprint density at radius 3 is 2.50 bits per heavy atom. The van der Waals surface area contributed by atoms with E-state index in [4.69, 9.17) is 0 Å². The molecular weight excluding hydrogens is 268 g/mol. The summed E-state index contributed by atoms with van der Waals surface area (Å²) in [5.41, 5.74) is 1.24. The molecule has 2 bridgehead atoms. The Bertz CT molecular complexity index is 479. The first-order chi connectivity index (χ1) is 9.58. The zero-order chi connectivity index (χ0) is 14.3. The van der Waals surface area contributed by atoms with Crippen molar-refractivity contribution < 1.29 is 4.79 Å². The Morgan fingerprint density at radius 1 is 1.35 bits per heavy atom. The molecule has 0 aromatic carbocycles. The molecule has 2 aliphatic rings. The van der Waals surface area contributed by atoms with E-state index in [1.807, 2.05) is 0 Å². The summed E-state index contributed by atoms with van der Waals surface area (Å²) in [5, 5.41) is 3.66. The van der Waals surface area contributed by atoms with E-state index in [-0.39, 0.29) is 5.91 Å². The maximum absolute atomic E-state index is 12.8. The normalized spacial score (nSPS) is 28.6. The minimum atomic E-state index is 0.236. The Labute approximate surface area is 125 Å². The molecular formula is C16H24N2OS. The number of aryl methyl sites for hydroxylation is 2. The van der Waals surface area contributed by atoms with Gasteiger partial charge in [0.05, 0.1) is 4.88 Å². The van der Waals surface area contributed by atoms with Crippen LogP contribution in [-0.2, 0) is 0 Å². The molecule has 1 aromatic rings. The average molecular weight is 292 g/mol. The average Bonchev–Trinajstić information content (AvgIpc) is 2.94. The monoisotopic (exact) mass is 292 g/mol. The predicted molar refractivity (Wildman–Crippen MR) is 83.5 cm³/mol. The van der Waals surface area contributed by atoms with Gasteiger partial charge in [0.15, 0.2) is 0 Å². The first kappa shape index (κ1) is 14.1. The van der Waals surface area contributed by atoms with Crippen molar-refractivity contribution >= 4 is 17.2 Å². The number of fused-ring (bicyclic) bond motifs is 2. The smallest absolute Gasteiger partial charge is 0.264 e. The molecule has 3 rings (SSSR count). The second kappa shape index (κ2) is 5.49. The Morgan fingerprint density at radius 2 is 2.00 bits per heavy atom. The summed E-state index contributed by atoms with van der Waals surface area (Å²) in [6.45, 7) is 7.11. The molecule has 4 heteroatoms. The lowest BCUT2D eigenvalue weighted by Crippen LogP contribution is -2.50. The number of nitrogens with one attached hydrogen (secondary N) is 1. The van der Waals surface area contributed by atoms with E-state index in [1.54, 1.807) is 11.3 Å². The number of piperidine rings is 1. The SMILES string of the molecule is CCN(C(=O)c1cc(C)c(C)s1)C1CC2CCC(C1)N2. The third-order valence-corrected chi connectivity index (χ3v) is 6.01. The molecule has 2 aliphatic heterocycles. The highest BCUT2D eigenvalue weighted by atomic mass is 32.1. The fraction of sp³-hybridized carbons (Fsp3) is 0.688. The van der Waals surface area contributed by atoms with Gasteiger partial charge in [0.25, 0.3) is 5.91 Å². The third kappa shape index (κ3) is 2.51. The zero-order valence-corrected chi connectivity index (χ0v) is 13.4. The third-order valence-electron chi connectivity index (χ3n) is 4.87. The summed E-state index contributed by atoms with van der Waals surface area (Å²) in [6, 6.07) is 3.74. The van der Waals surface area contributed by atoms with Crippen molar-refractivity contribution in [2.45, 2.75) is 64.6 Å². The quantitative estimate of drug-likeness (QED) is 0.928. The number of thiophene rings is 1. The maximum atomic E-state index is 12.8. The number of amides is 1. The maximum Gasteiger partial charge on any atom is 0.264 e. The standard InChI is InChI=1S/C16H24N2OS/c1-4-18(14-8-12-5-6-13(9-14)17-12)16(19)15-7-10(2)11(3)20-15/h7,12-14,17H,4-6,8-9H2,1-3H3. The molecule has 20 heavy (non-hydrogen) atoms. The van der Waals surface area contributed by atoms with E-state index in [9.17, 15) is 4.79 Å². The number of hydrogen-bond donors (Lipinski definition) is 1. The van der Waals surface area contributed by atoms with Crippen LogP contribution in [0.5, 0.6) is 0 Å². The van der Waals surface area contributed by atoms with Crippen LogP contribution in [0.2, 0.25) is 0 Å². The van der Waals surface area contributed by atoms with Crippen molar-refractivity contribution in [2.75, 3.05) is 6.54 Å². The number of rotatable bonds is 3.